The van der Waals surface area contributed by atoms with Crippen molar-refractivity contribution in [2.75, 3.05) is 6.61 Å². The number of fused-ring (bicyclic) bond motifs is 3. The number of hydrogen-bond acceptors (Lipinski definition) is 9. The first-order valence-electron chi connectivity index (χ1n) is 10.7. The zero-order valence-electron chi connectivity index (χ0n) is 18.4. The van der Waals surface area contributed by atoms with Crippen LogP contribution < -0.4 is 5.73 Å². The Morgan fingerprint density at radius 3 is 2.30 bits per heavy atom. The van der Waals surface area contributed by atoms with Gasteiger partial charge in [-0.15, -0.1) is 0 Å². The maximum atomic E-state index is 13.6. The van der Waals surface area contributed by atoms with Crippen LogP contribution in [0.2, 0.25) is 0 Å². The SMILES string of the molecule is NC(=O)C1C(=O)C[C@@H]2[C@@H](O)[C@H]3C(C(=O)c4c(O)cccc4[C@@H]3COC(F)(F)C(F)(F)F)C(=O)[C@]2(O)C1=O. The molecule has 7 atom stereocenters. The van der Waals surface area contributed by atoms with Crippen molar-refractivity contribution in [1.82, 2.24) is 0 Å². The van der Waals surface area contributed by atoms with E-state index in [9.17, 15) is 61.2 Å². The fourth-order valence-electron chi connectivity index (χ4n) is 5.61. The van der Waals surface area contributed by atoms with Crippen LogP contribution in [0.25, 0.3) is 0 Å². The van der Waals surface area contributed by atoms with E-state index in [1.807, 2.05) is 0 Å². The highest BCUT2D eigenvalue weighted by atomic mass is 19.4. The first kappa shape index (κ1) is 26.8. The van der Waals surface area contributed by atoms with Gasteiger partial charge in [-0.05, 0) is 11.6 Å². The lowest BCUT2D eigenvalue weighted by Crippen LogP contribution is -2.72. The van der Waals surface area contributed by atoms with Crippen LogP contribution in [0.4, 0.5) is 22.0 Å². The maximum absolute atomic E-state index is 13.6. The number of ether oxygens (including phenoxy) is 1. The van der Waals surface area contributed by atoms with Crippen LogP contribution >= 0.6 is 0 Å². The summed E-state index contributed by atoms with van der Waals surface area (Å²) >= 11 is 0. The number of Topliss-reactive ketones (excluding diaryl/α,β-unsaturated/α-hetero) is 4. The predicted octanol–water partition coefficient (Wildman–Crippen LogP) is 0.0105. The van der Waals surface area contributed by atoms with Crippen LogP contribution in [-0.2, 0) is 23.9 Å². The first-order valence-corrected chi connectivity index (χ1v) is 10.7. The van der Waals surface area contributed by atoms with Crippen LogP contribution in [0.3, 0.4) is 0 Å². The average molecular weight is 535 g/mol. The molecule has 37 heavy (non-hydrogen) atoms. The van der Waals surface area contributed by atoms with Crippen molar-refractivity contribution in [3.8, 4) is 5.75 Å². The van der Waals surface area contributed by atoms with Crippen molar-refractivity contribution in [2.45, 2.75) is 36.3 Å². The third kappa shape index (κ3) is 3.67. The number of ketones is 4. The first-order chi connectivity index (χ1) is 17.0. The van der Waals surface area contributed by atoms with Crippen LogP contribution in [0.5, 0.6) is 5.75 Å². The number of aromatic hydroxyl groups is 1. The Kier molecular flexibility index (Phi) is 6.04. The molecule has 2 unspecified atom stereocenters. The molecular weight excluding hydrogens is 517 g/mol. The van der Waals surface area contributed by atoms with Crippen LogP contribution in [0, 0.1) is 23.7 Å². The van der Waals surface area contributed by atoms with Gasteiger partial charge in [0.05, 0.1) is 24.2 Å². The second kappa shape index (κ2) is 8.36. The maximum Gasteiger partial charge on any atom is 0.482 e. The minimum atomic E-state index is -6.15. The Morgan fingerprint density at radius 2 is 1.73 bits per heavy atom. The van der Waals surface area contributed by atoms with E-state index < -0.39 is 107 Å². The lowest BCUT2D eigenvalue weighted by atomic mass is 9.50. The van der Waals surface area contributed by atoms with Gasteiger partial charge < -0.3 is 25.8 Å². The van der Waals surface area contributed by atoms with E-state index in [1.54, 1.807) is 0 Å². The van der Waals surface area contributed by atoms with E-state index in [1.165, 1.54) is 0 Å². The molecule has 2 saturated carbocycles. The standard InChI is InChI=1S/C22H18F5NO9/c23-21(24,25)22(26,27)37-5-7-6-2-1-3-9(29)11(6)16(32)14-12(7)15(31)8-4-10(30)13(19(28)35)17(33)20(8,36)18(14)34/h1-3,7-8,12-15,29,31,36H,4-5H2,(H2,28,35)/t7-,8+,12+,13?,14?,15+,20+/m0/s1. The molecule has 3 aliphatic carbocycles. The largest absolute Gasteiger partial charge is 0.507 e. The van der Waals surface area contributed by atoms with Gasteiger partial charge in [-0.2, -0.15) is 22.0 Å². The van der Waals surface area contributed by atoms with Crippen molar-refractivity contribution in [1.29, 1.82) is 0 Å². The molecule has 200 valence electrons. The number of benzene rings is 1. The zero-order valence-corrected chi connectivity index (χ0v) is 18.4. The minimum Gasteiger partial charge on any atom is -0.507 e. The highest BCUT2D eigenvalue weighted by Gasteiger charge is 2.70. The van der Waals surface area contributed by atoms with Gasteiger partial charge in [0.25, 0.3) is 0 Å². The third-order valence-electron chi connectivity index (χ3n) is 7.29. The smallest absolute Gasteiger partial charge is 0.482 e. The molecule has 0 bridgehead atoms. The lowest BCUT2D eigenvalue weighted by Gasteiger charge is -2.53. The number of aliphatic hydroxyl groups is 2. The number of hydrogen-bond donors (Lipinski definition) is 4. The molecule has 0 saturated heterocycles. The zero-order chi connectivity index (χ0) is 27.8. The third-order valence-corrected chi connectivity index (χ3v) is 7.29. The molecule has 4 rings (SSSR count). The molecule has 5 N–H and O–H groups in total. The molecule has 10 nitrogen and oxygen atoms in total. The molecule has 2 fully saturated rings. The van der Waals surface area contributed by atoms with E-state index in [0.29, 0.717) is 0 Å². The van der Waals surface area contributed by atoms with Gasteiger partial charge in [-0.1, -0.05) is 12.1 Å². The predicted molar refractivity (Wildman–Crippen MR) is 106 cm³/mol. The van der Waals surface area contributed by atoms with Crippen molar-refractivity contribution < 1.29 is 66.0 Å². The van der Waals surface area contributed by atoms with E-state index in [-0.39, 0.29) is 5.56 Å². The number of phenolic OH excluding ortho intramolecular Hbond substituents is 1. The highest BCUT2D eigenvalue weighted by Crippen LogP contribution is 2.54. The Morgan fingerprint density at radius 1 is 1.11 bits per heavy atom. The Labute approximate surface area is 203 Å². The number of halogens is 5. The summed E-state index contributed by atoms with van der Waals surface area (Å²) in [6, 6.07) is 3.14. The molecule has 0 spiro atoms. The summed E-state index contributed by atoms with van der Waals surface area (Å²) in [4.78, 5) is 63.8. The van der Waals surface area contributed by atoms with Crippen molar-refractivity contribution >= 4 is 29.0 Å². The molecule has 0 aromatic heterocycles. The molecule has 3 aliphatic rings. The monoisotopic (exact) mass is 535 g/mol. The Balaban J connectivity index is 1.86. The summed E-state index contributed by atoms with van der Waals surface area (Å²) in [5, 5.41) is 32.5. The van der Waals surface area contributed by atoms with Gasteiger partial charge in [0, 0.05) is 24.2 Å². The topological polar surface area (TPSA) is 181 Å². The number of carbonyl (C=O) groups is 5. The van der Waals surface area contributed by atoms with E-state index >= 15 is 0 Å². The number of nitrogens with two attached hydrogens (primary N) is 1. The van der Waals surface area contributed by atoms with Crippen molar-refractivity contribution in [2.24, 2.45) is 29.4 Å². The summed E-state index contributed by atoms with van der Waals surface area (Å²) in [5.74, 6) is -18.2. The molecule has 15 heteroatoms. The summed E-state index contributed by atoms with van der Waals surface area (Å²) in [5.41, 5.74) is 0.737. The molecule has 1 aromatic carbocycles. The second-order valence-corrected chi connectivity index (χ2v) is 9.19. The van der Waals surface area contributed by atoms with E-state index in [4.69, 9.17) is 5.73 Å². The van der Waals surface area contributed by atoms with Crippen molar-refractivity contribution in [3.05, 3.63) is 29.3 Å². The van der Waals surface area contributed by atoms with Gasteiger partial charge in [0.15, 0.2) is 34.7 Å². The number of rotatable bonds is 4. The molecule has 1 amide bonds. The summed E-state index contributed by atoms with van der Waals surface area (Å²) in [7, 11) is 0. The number of carbonyl (C=O) groups excluding carboxylic acids is 5. The second-order valence-electron chi connectivity index (χ2n) is 9.19. The van der Waals surface area contributed by atoms with Crippen molar-refractivity contribution in [3.63, 3.8) is 0 Å². The van der Waals surface area contributed by atoms with E-state index in [2.05, 4.69) is 4.74 Å². The summed E-state index contributed by atoms with van der Waals surface area (Å²) < 4.78 is 69.2. The van der Waals surface area contributed by atoms with Crippen LogP contribution in [0.1, 0.15) is 28.3 Å². The Bertz CT molecular complexity index is 1230. The number of aliphatic hydroxyl groups excluding tert-OH is 1. The fourth-order valence-corrected chi connectivity index (χ4v) is 5.61. The van der Waals surface area contributed by atoms with Crippen LogP contribution in [0.15, 0.2) is 18.2 Å². The lowest BCUT2D eigenvalue weighted by molar-refractivity contribution is -0.392. The molecule has 0 heterocycles. The number of amides is 1. The molecule has 1 aromatic rings. The van der Waals surface area contributed by atoms with Crippen LogP contribution in [-0.4, -0.2) is 75.0 Å². The van der Waals surface area contributed by atoms with Gasteiger partial charge in [0.2, 0.25) is 5.91 Å². The normalized spacial score (nSPS) is 34.0. The number of alkyl halides is 5. The fraction of sp³-hybridized carbons (Fsp3) is 0.500. The van der Waals surface area contributed by atoms with E-state index in [0.717, 1.165) is 18.2 Å². The molecular formula is C22H18F5NO9. The summed E-state index contributed by atoms with van der Waals surface area (Å²) in [6.07, 6.45) is -15.0. The van der Waals surface area contributed by atoms with Gasteiger partial charge >= 0.3 is 12.3 Å². The van der Waals surface area contributed by atoms with Gasteiger partial charge in [-0.3, -0.25) is 24.0 Å². The van der Waals surface area contributed by atoms with Gasteiger partial charge in [-0.25, -0.2) is 0 Å². The summed E-state index contributed by atoms with van der Waals surface area (Å²) in [6.45, 7) is -1.53. The van der Waals surface area contributed by atoms with Gasteiger partial charge in [0.1, 0.15) is 5.75 Å². The number of phenols is 1. The highest BCUT2D eigenvalue weighted by molar-refractivity contribution is 6.31. The average Bonchev–Trinajstić information content (AvgIpc) is 2.77. The number of primary amides is 1. The minimum absolute atomic E-state index is 0.343. The quantitative estimate of drug-likeness (QED) is 0.305. The molecule has 0 aliphatic heterocycles. The Hall–Kier alpha value is -3.30. The molecule has 0 radical (unpaired) electrons.